The number of nitrogens with zero attached hydrogens (tertiary/aromatic N) is 7. The molecular weight excluding hydrogens is 318 g/mol. The van der Waals surface area contributed by atoms with Gasteiger partial charge in [-0.15, -0.1) is 0 Å². The molecule has 8 nitrogen and oxygen atoms in total. The maximum Gasteiger partial charge on any atom is 0.223 e. The lowest BCUT2D eigenvalue weighted by atomic mass is 10.1. The van der Waals surface area contributed by atoms with Gasteiger partial charge in [0.05, 0.1) is 6.54 Å². The predicted octanol–water partition coefficient (Wildman–Crippen LogP) is 1.48. The summed E-state index contributed by atoms with van der Waals surface area (Å²) in [4.78, 5) is 20.3. The number of hydrogen-bond donors (Lipinski definition) is 0. The molecule has 4 heterocycles. The van der Waals surface area contributed by atoms with E-state index in [0.29, 0.717) is 5.89 Å². The first-order valence-corrected chi connectivity index (χ1v) is 9.11. The minimum atomic E-state index is 0.625. The highest BCUT2D eigenvalue weighted by Crippen LogP contribution is 2.22. The Kier molecular flexibility index (Phi) is 4.78. The summed E-state index contributed by atoms with van der Waals surface area (Å²) in [5, 5.41) is 3.98. The summed E-state index contributed by atoms with van der Waals surface area (Å²) >= 11 is 0. The van der Waals surface area contributed by atoms with Crippen LogP contribution in [-0.2, 0) is 6.54 Å². The Labute approximate surface area is 147 Å². The lowest BCUT2D eigenvalue weighted by Crippen LogP contribution is -2.46. The minimum absolute atomic E-state index is 0.625. The Hall–Kier alpha value is -2.22. The molecule has 4 rings (SSSR count). The van der Waals surface area contributed by atoms with E-state index in [0.717, 1.165) is 63.3 Å². The Bertz CT molecular complexity index is 690. The fourth-order valence-electron chi connectivity index (χ4n) is 3.55. The maximum atomic E-state index is 5.05. The van der Waals surface area contributed by atoms with Crippen molar-refractivity contribution in [2.75, 3.05) is 49.1 Å². The third-order valence-corrected chi connectivity index (χ3v) is 4.95. The summed E-state index contributed by atoms with van der Waals surface area (Å²) < 4.78 is 5.05. The first-order valence-electron chi connectivity index (χ1n) is 9.11. The first-order chi connectivity index (χ1) is 12.3. The van der Waals surface area contributed by atoms with Crippen molar-refractivity contribution >= 4 is 11.6 Å². The molecule has 0 amide bonds. The smallest absolute Gasteiger partial charge is 0.223 e. The zero-order chi connectivity index (χ0) is 17.1. The highest BCUT2D eigenvalue weighted by Gasteiger charge is 2.21. The molecule has 0 atom stereocenters. The summed E-state index contributed by atoms with van der Waals surface area (Å²) in [6, 6.07) is 2.14. The van der Waals surface area contributed by atoms with E-state index in [2.05, 4.69) is 40.9 Å². The first kappa shape index (κ1) is 16.3. The molecule has 2 aliphatic rings. The molecule has 0 radical (unpaired) electrons. The van der Waals surface area contributed by atoms with Gasteiger partial charge in [0.2, 0.25) is 5.89 Å². The van der Waals surface area contributed by atoms with Crippen molar-refractivity contribution in [3.8, 4) is 0 Å². The van der Waals surface area contributed by atoms with E-state index in [4.69, 9.17) is 4.52 Å². The van der Waals surface area contributed by atoms with E-state index in [1.165, 1.54) is 19.3 Å². The molecule has 8 heteroatoms. The lowest BCUT2D eigenvalue weighted by Gasteiger charge is -2.35. The van der Waals surface area contributed by atoms with Crippen molar-refractivity contribution < 1.29 is 4.52 Å². The predicted molar refractivity (Wildman–Crippen MR) is 94.6 cm³/mol. The van der Waals surface area contributed by atoms with Gasteiger partial charge < -0.3 is 14.3 Å². The fourth-order valence-corrected chi connectivity index (χ4v) is 3.55. The Balaban J connectivity index is 1.35. The van der Waals surface area contributed by atoms with Crippen molar-refractivity contribution in [2.24, 2.45) is 0 Å². The van der Waals surface area contributed by atoms with Crippen molar-refractivity contribution in [1.82, 2.24) is 25.0 Å². The topological polar surface area (TPSA) is 74.4 Å². The molecule has 2 aromatic rings. The number of piperazine rings is 1. The van der Waals surface area contributed by atoms with Crippen LogP contribution in [0.15, 0.2) is 16.9 Å². The number of anilines is 2. The van der Waals surface area contributed by atoms with Gasteiger partial charge in [-0.3, -0.25) is 4.90 Å². The van der Waals surface area contributed by atoms with Crippen molar-refractivity contribution in [2.45, 2.75) is 32.7 Å². The van der Waals surface area contributed by atoms with E-state index in [9.17, 15) is 0 Å². The van der Waals surface area contributed by atoms with Crippen molar-refractivity contribution in [3.05, 3.63) is 24.1 Å². The molecular formula is C17H25N7O. The summed E-state index contributed by atoms with van der Waals surface area (Å²) in [7, 11) is 0. The molecule has 134 valence electrons. The highest BCUT2D eigenvalue weighted by atomic mass is 16.5. The average Bonchev–Trinajstić information content (AvgIpc) is 3.08. The van der Waals surface area contributed by atoms with E-state index < -0.39 is 0 Å². The lowest BCUT2D eigenvalue weighted by molar-refractivity contribution is 0.239. The summed E-state index contributed by atoms with van der Waals surface area (Å²) in [6.45, 7) is 8.62. The fraction of sp³-hybridized carbons (Fsp3) is 0.647. The van der Waals surface area contributed by atoms with E-state index in [1.54, 1.807) is 6.33 Å². The third-order valence-electron chi connectivity index (χ3n) is 4.95. The SMILES string of the molecule is Cc1nc(CN2CCN(c3cc(N4CCCCC4)ncn3)CC2)no1. The van der Waals surface area contributed by atoms with Crippen LogP contribution in [0.1, 0.15) is 31.0 Å². The van der Waals surface area contributed by atoms with Crippen LogP contribution in [0.2, 0.25) is 0 Å². The van der Waals surface area contributed by atoms with Crippen LogP contribution >= 0.6 is 0 Å². The standard InChI is InChI=1S/C17H25N7O/c1-14-20-15(21-25-14)12-22-7-9-24(10-8-22)17-11-16(18-13-19-17)23-5-3-2-4-6-23/h11,13H,2-10,12H2,1H3. The third kappa shape index (κ3) is 3.89. The van der Waals surface area contributed by atoms with Gasteiger partial charge >= 0.3 is 0 Å². The van der Waals surface area contributed by atoms with Crippen molar-refractivity contribution in [1.29, 1.82) is 0 Å². The summed E-state index contributed by atoms with van der Waals surface area (Å²) in [5.41, 5.74) is 0. The van der Waals surface area contributed by atoms with Gasteiger partial charge in [0.15, 0.2) is 5.82 Å². The molecule has 0 unspecified atom stereocenters. The van der Waals surface area contributed by atoms with Crippen LogP contribution in [0.4, 0.5) is 11.6 Å². The van der Waals surface area contributed by atoms with Crippen LogP contribution in [0.3, 0.4) is 0 Å². The van der Waals surface area contributed by atoms with E-state index in [1.807, 2.05) is 6.92 Å². The minimum Gasteiger partial charge on any atom is -0.356 e. The molecule has 0 N–H and O–H groups in total. The molecule has 25 heavy (non-hydrogen) atoms. The zero-order valence-corrected chi connectivity index (χ0v) is 14.8. The van der Waals surface area contributed by atoms with Gasteiger partial charge in [-0.05, 0) is 19.3 Å². The largest absolute Gasteiger partial charge is 0.356 e. The van der Waals surface area contributed by atoms with Gasteiger partial charge in [-0.25, -0.2) is 9.97 Å². The van der Waals surface area contributed by atoms with E-state index >= 15 is 0 Å². The summed E-state index contributed by atoms with van der Waals surface area (Å²) in [6.07, 6.45) is 5.55. The normalized spacial score (nSPS) is 19.4. The number of piperidine rings is 1. The highest BCUT2D eigenvalue weighted by molar-refractivity contribution is 5.50. The molecule has 2 aliphatic heterocycles. The molecule has 2 aromatic heterocycles. The number of aromatic nitrogens is 4. The molecule has 0 saturated carbocycles. The molecule has 0 bridgehead atoms. The Morgan fingerprint density at radius 2 is 1.60 bits per heavy atom. The molecule has 0 aromatic carbocycles. The second-order valence-electron chi connectivity index (χ2n) is 6.77. The Morgan fingerprint density at radius 3 is 2.24 bits per heavy atom. The van der Waals surface area contributed by atoms with Crippen LogP contribution < -0.4 is 9.80 Å². The zero-order valence-electron chi connectivity index (χ0n) is 14.8. The maximum absolute atomic E-state index is 5.05. The number of aryl methyl sites for hydroxylation is 1. The van der Waals surface area contributed by atoms with E-state index in [-0.39, 0.29) is 0 Å². The summed E-state index contributed by atoms with van der Waals surface area (Å²) in [5.74, 6) is 3.49. The van der Waals surface area contributed by atoms with Crippen LogP contribution in [0.25, 0.3) is 0 Å². The number of hydrogen-bond acceptors (Lipinski definition) is 8. The van der Waals surface area contributed by atoms with Crippen molar-refractivity contribution in [3.63, 3.8) is 0 Å². The molecule has 0 spiro atoms. The molecule has 2 saturated heterocycles. The second-order valence-corrected chi connectivity index (χ2v) is 6.77. The Morgan fingerprint density at radius 1 is 0.920 bits per heavy atom. The van der Waals surface area contributed by atoms with Gasteiger partial charge in [-0.1, -0.05) is 5.16 Å². The van der Waals surface area contributed by atoms with Gasteiger partial charge in [0.1, 0.15) is 18.0 Å². The quantitative estimate of drug-likeness (QED) is 0.826. The molecule has 2 fully saturated rings. The van der Waals surface area contributed by atoms with Crippen LogP contribution in [-0.4, -0.2) is 64.3 Å². The van der Waals surface area contributed by atoms with Gasteiger partial charge in [0, 0.05) is 52.3 Å². The molecule has 0 aliphatic carbocycles. The van der Waals surface area contributed by atoms with Gasteiger partial charge in [-0.2, -0.15) is 4.98 Å². The monoisotopic (exact) mass is 343 g/mol. The van der Waals surface area contributed by atoms with Crippen LogP contribution in [0, 0.1) is 6.92 Å². The van der Waals surface area contributed by atoms with Gasteiger partial charge in [0.25, 0.3) is 0 Å². The second kappa shape index (κ2) is 7.35. The van der Waals surface area contributed by atoms with Crippen LogP contribution in [0.5, 0.6) is 0 Å². The average molecular weight is 343 g/mol. The number of rotatable bonds is 4.